The second-order valence-electron chi connectivity index (χ2n) is 5.42. The summed E-state index contributed by atoms with van der Waals surface area (Å²) in [5, 5.41) is 2.83. The summed E-state index contributed by atoms with van der Waals surface area (Å²) >= 11 is 6.91. The summed E-state index contributed by atoms with van der Waals surface area (Å²) in [4.78, 5) is 12.2. The lowest BCUT2D eigenvalue weighted by molar-refractivity contribution is -0.118. The first-order valence-electron chi connectivity index (χ1n) is 7.60. The molecule has 0 bridgehead atoms. The smallest absolute Gasteiger partial charge is 0.262 e. The normalized spacial score (nSPS) is 10.2. The van der Waals surface area contributed by atoms with Crippen LogP contribution in [-0.2, 0) is 11.2 Å². The summed E-state index contributed by atoms with van der Waals surface area (Å²) < 4.78 is 12.5. The van der Waals surface area contributed by atoms with E-state index in [-0.39, 0.29) is 12.5 Å². The largest absolute Gasteiger partial charge is 0.493 e. The lowest BCUT2D eigenvalue weighted by Gasteiger charge is -2.13. The number of nitrogens with one attached hydrogen (secondary N) is 1. The topological polar surface area (TPSA) is 47.6 Å². The summed E-state index contributed by atoms with van der Waals surface area (Å²) in [6.45, 7) is 5.58. The zero-order valence-corrected chi connectivity index (χ0v) is 17.2. The third-order valence-corrected chi connectivity index (χ3v) is 4.67. The fraction of sp³-hybridized carbons (Fsp3) is 0.211. The molecule has 0 fully saturated rings. The van der Waals surface area contributed by atoms with Gasteiger partial charge in [0.15, 0.2) is 18.1 Å². The SMILES string of the molecule is C=CCc1ccc(OCC(=O)Nc2c(Br)cc(C)cc2Br)c(OC)c1. The molecule has 2 aromatic carbocycles. The minimum atomic E-state index is -0.262. The van der Waals surface area contributed by atoms with E-state index >= 15 is 0 Å². The van der Waals surface area contributed by atoms with Gasteiger partial charge >= 0.3 is 0 Å². The molecule has 0 saturated carbocycles. The maximum Gasteiger partial charge on any atom is 0.262 e. The van der Waals surface area contributed by atoms with Gasteiger partial charge in [-0.2, -0.15) is 0 Å². The Morgan fingerprint density at radius 3 is 2.48 bits per heavy atom. The molecule has 132 valence electrons. The maximum absolute atomic E-state index is 12.2. The number of hydrogen-bond donors (Lipinski definition) is 1. The molecule has 6 heteroatoms. The van der Waals surface area contributed by atoms with E-state index in [0.29, 0.717) is 17.2 Å². The highest BCUT2D eigenvalue weighted by Crippen LogP contribution is 2.32. The van der Waals surface area contributed by atoms with Gasteiger partial charge in [0.2, 0.25) is 0 Å². The van der Waals surface area contributed by atoms with Crippen LogP contribution in [0.25, 0.3) is 0 Å². The highest BCUT2D eigenvalue weighted by molar-refractivity contribution is 9.11. The van der Waals surface area contributed by atoms with Gasteiger partial charge in [0.05, 0.1) is 12.8 Å². The van der Waals surface area contributed by atoms with Crippen molar-refractivity contribution in [1.82, 2.24) is 0 Å². The van der Waals surface area contributed by atoms with Crippen LogP contribution in [-0.4, -0.2) is 19.6 Å². The first-order valence-corrected chi connectivity index (χ1v) is 9.19. The summed E-state index contributed by atoms with van der Waals surface area (Å²) in [5.74, 6) is 0.847. The molecule has 0 aromatic heterocycles. The van der Waals surface area contributed by atoms with E-state index in [9.17, 15) is 4.79 Å². The van der Waals surface area contributed by atoms with Crippen LogP contribution >= 0.6 is 31.9 Å². The van der Waals surface area contributed by atoms with Crippen LogP contribution in [0.1, 0.15) is 11.1 Å². The Kier molecular flexibility index (Phi) is 7.08. The number of aryl methyl sites for hydroxylation is 1. The predicted molar refractivity (Wildman–Crippen MR) is 108 cm³/mol. The van der Waals surface area contributed by atoms with E-state index in [2.05, 4.69) is 43.8 Å². The number of carbonyl (C=O) groups is 1. The molecule has 0 aliphatic heterocycles. The molecule has 0 radical (unpaired) electrons. The van der Waals surface area contributed by atoms with Crippen molar-refractivity contribution >= 4 is 43.5 Å². The average molecular weight is 469 g/mol. The molecule has 0 saturated heterocycles. The third kappa shape index (κ3) is 5.34. The second kappa shape index (κ2) is 9.06. The number of amides is 1. The highest BCUT2D eigenvalue weighted by atomic mass is 79.9. The number of carbonyl (C=O) groups excluding carboxylic acids is 1. The number of ether oxygens (including phenoxy) is 2. The van der Waals surface area contributed by atoms with Crippen molar-refractivity contribution in [3.05, 3.63) is 63.1 Å². The van der Waals surface area contributed by atoms with Crippen LogP contribution in [0, 0.1) is 6.92 Å². The molecule has 0 unspecified atom stereocenters. The van der Waals surface area contributed by atoms with Gasteiger partial charge in [0, 0.05) is 8.95 Å². The molecule has 25 heavy (non-hydrogen) atoms. The molecule has 1 N–H and O–H groups in total. The van der Waals surface area contributed by atoms with E-state index in [1.54, 1.807) is 13.2 Å². The van der Waals surface area contributed by atoms with E-state index in [1.165, 1.54) is 0 Å². The highest BCUT2D eigenvalue weighted by Gasteiger charge is 2.12. The number of anilines is 1. The number of allylic oxidation sites excluding steroid dienone is 1. The van der Waals surface area contributed by atoms with Crippen LogP contribution in [0.4, 0.5) is 5.69 Å². The van der Waals surface area contributed by atoms with Crippen molar-refractivity contribution in [3.63, 3.8) is 0 Å². The lowest BCUT2D eigenvalue weighted by atomic mass is 10.1. The first-order chi connectivity index (χ1) is 11.9. The summed E-state index contributed by atoms with van der Waals surface area (Å²) in [6, 6.07) is 9.46. The Hall–Kier alpha value is -1.79. The number of methoxy groups -OCH3 is 1. The van der Waals surface area contributed by atoms with Crippen molar-refractivity contribution in [2.75, 3.05) is 19.0 Å². The van der Waals surface area contributed by atoms with E-state index in [0.717, 1.165) is 26.5 Å². The van der Waals surface area contributed by atoms with Crippen molar-refractivity contribution < 1.29 is 14.3 Å². The molecule has 0 aliphatic rings. The zero-order valence-electron chi connectivity index (χ0n) is 14.1. The first kappa shape index (κ1) is 19.5. The Balaban J connectivity index is 2.04. The molecular weight excluding hydrogens is 450 g/mol. The van der Waals surface area contributed by atoms with Gasteiger partial charge in [-0.3, -0.25) is 4.79 Å². The molecule has 2 aromatic rings. The Morgan fingerprint density at radius 2 is 1.88 bits per heavy atom. The van der Waals surface area contributed by atoms with Gasteiger partial charge in [0.25, 0.3) is 5.91 Å². The van der Waals surface area contributed by atoms with Gasteiger partial charge in [-0.05, 0) is 80.6 Å². The monoisotopic (exact) mass is 467 g/mol. The molecule has 4 nitrogen and oxygen atoms in total. The van der Waals surface area contributed by atoms with Crippen LogP contribution < -0.4 is 14.8 Å². The Morgan fingerprint density at radius 1 is 1.20 bits per heavy atom. The maximum atomic E-state index is 12.2. The Labute approximate surface area is 164 Å². The second-order valence-corrected chi connectivity index (χ2v) is 7.13. The zero-order chi connectivity index (χ0) is 18.4. The molecule has 2 rings (SSSR count). The number of rotatable bonds is 7. The number of benzene rings is 2. The fourth-order valence-corrected chi connectivity index (χ4v) is 3.88. The minimum Gasteiger partial charge on any atom is -0.493 e. The predicted octanol–water partition coefficient (Wildman–Crippen LogP) is 5.27. The average Bonchev–Trinajstić information content (AvgIpc) is 2.57. The van der Waals surface area contributed by atoms with Crippen LogP contribution in [0.15, 0.2) is 51.9 Å². The fourth-order valence-electron chi connectivity index (χ4n) is 2.26. The summed E-state index contributed by atoms with van der Waals surface area (Å²) in [5.41, 5.74) is 2.82. The quantitative estimate of drug-likeness (QED) is 0.562. The third-order valence-electron chi connectivity index (χ3n) is 3.42. The van der Waals surface area contributed by atoms with Gasteiger partial charge in [-0.1, -0.05) is 12.1 Å². The molecule has 0 atom stereocenters. The Bertz CT molecular complexity index is 767. The molecular formula is C19H19Br2NO3. The van der Waals surface area contributed by atoms with Gasteiger partial charge in [0.1, 0.15) is 0 Å². The molecule has 0 heterocycles. The van der Waals surface area contributed by atoms with Gasteiger partial charge in [-0.15, -0.1) is 6.58 Å². The van der Waals surface area contributed by atoms with Crippen LogP contribution in [0.5, 0.6) is 11.5 Å². The van der Waals surface area contributed by atoms with Crippen molar-refractivity contribution in [3.8, 4) is 11.5 Å². The van der Waals surface area contributed by atoms with E-state index in [4.69, 9.17) is 9.47 Å². The lowest BCUT2D eigenvalue weighted by Crippen LogP contribution is -2.21. The van der Waals surface area contributed by atoms with Crippen molar-refractivity contribution in [2.45, 2.75) is 13.3 Å². The van der Waals surface area contributed by atoms with Crippen molar-refractivity contribution in [1.29, 1.82) is 0 Å². The summed E-state index contributed by atoms with van der Waals surface area (Å²) in [7, 11) is 1.57. The van der Waals surface area contributed by atoms with Crippen molar-refractivity contribution in [2.24, 2.45) is 0 Å². The molecule has 0 spiro atoms. The van der Waals surface area contributed by atoms with E-state index in [1.807, 2.05) is 37.3 Å². The van der Waals surface area contributed by atoms with Gasteiger partial charge < -0.3 is 14.8 Å². The molecule has 1 amide bonds. The van der Waals surface area contributed by atoms with E-state index < -0.39 is 0 Å². The van der Waals surface area contributed by atoms with Crippen LogP contribution in [0.3, 0.4) is 0 Å². The minimum absolute atomic E-state index is 0.121. The number of halogens is 2. The standard InChI is InChI=1S/C19H19Br2NO3/c1-4-5-13-6-7-16(17(10-13)24-3)25-11-18(23)22-19-14(20)8-12(2)9-15(19)21/h4,6-10H,1,5,11H2,2-3H3,(H,22,23). The molecule has 0 aliphatic carbocycles. The summed E-state index contributed by atoms with van der Waals surface area (Å²) in [6.07, 6.45) is 2.56. The number of hydrogen-bond acceptors (Lipinski definition) is 3. The van der Waals surface area contributed by atoms with Gasteiger partial charge in [-0.25, -0.2) is 0 Å². The van der Waals surface area contributed by atoms with Crippen LogP contribution in [0.2, 0.25) is 0 Å².